The van der Waals surface area contributed by atoms with Crippen LogP contribution in [0.25, 0.3) is 0 Å². The van der Waals surface area contributed by atoms with Gasteiger partial charge in [-0.25, -0.2) is 0 Å². The van der Waals surface area contributed by atoms with Gasteiger partial charge >= 0.3 is 0 Å². The minimum atomic E-state index is -0.976. The van der Waals surface area contributed by atoms with Crippen LogP contribution < -0.4 is 0 Å². The van der Waals surface area contributed by atoms with E-state index in [9.17, 15) is 14.4 Å². The molecule has 1 amide bonds. The number of Topliss-reactive ketones (excluding diaryl/α,β-unsaturated/α-hetero) is 2. The first-order chi connectivity index (χ1) is 12.0. The molecule has 1 aromatic heterocycles. The molecule has 0 saturated carbocycles. The maximum atomic E-state index is 12.9. The third kappa shape index (κ3) is 3.41. The summed E-state index contributed by atoms with van der Waals surface area (Å²) in [4.78, 5) is 42.2. The topological polar surface area (TPSA) is 57.7 Å². The lowest BCUT2D eigenvalue weighted by molar-refractivity contribution is -0.140. The van der Waals surface area contributed by atoms with Crippen LogP contribution in [0.3, 0.4) is 0 Å². The zero-order valence-electron chi connectivity index (χ0n) is 14.2. The molecule has 1 aliphatic heterocycles. The number of likely N-dealkylation sites (tertiary alicyclic amines) is 1. The van der Waals surface area contributed by atoms with E-state index >= 15 is 0 Å². The van der Waals surface area contributed by atoms with Crippen LogP contribution in [0.2, 0.25) is 0 Å². The first-order valence-electron chi connectivity index (χ1n) is 8.13. The number of likely N-dealkylation sites (N-methyl/N-ethyl adjacent to an activating group) is 1. The van der Waals surface area contributed by atoms with E-state index in [0.717, 1.165) is 5.56 Å². The summed E-state index contributed by atoms with van der Waals surface area (Å²) in [7, 11) is 3.82. The van der Waals surface area contributed by atoms with Crippen molar-refractivity contribution in [3.05, 3.63) is 58.3 Å². The fourth-order valence-corrected chi connectivity index (χ4v) is 3.83. The Morgan fingerprint density at radius 3 is 2.44 bits per heavy atom. The number of carbonyl (C=O) groups is 3. The SMILES string of the molecule is CN(C)CCN1C(=O)C(=O)C(C(=O)c2cccs2)C1c1ccccc1. The molecule has 2 atom stereocenters. The Morgan fingerprint density at radius 2 is 1.84 bits per heavy atom. The summed E-state index contributed by atoms with van der Waals surface area (Å²) in [6.45, 7) is 1.04. The van der Waals surface area contributed by atoms with Crippen LogP contribution in [-0.4, -0.2) is 54.5 Å². The number of thiophene rings is 1. The number of nitrogens with zero attached hydrogens (tertiary/aromatic N) is 2. The number of amides is 1. The van der Waals surface area contributed by atoms with Gasteiger partial charge in [0.25, 0.3) is 5.91 Å². The molecule has 0 spiro atoms. The standard InChI is InChI=1S/C19H20N2O3S/c1-20(2)10-11-21-16(13-7-4-3-5-8-13)15(18(23)19(21)24)17(22)14-9-6-12-25-14/h3-9,12,15-16H,10-11H2,1-2H3. The second-order valence-corrected chi connectivity index (χ2v) is 7.29. The number of rotatable bonds is 6. The number of benzene rings is 1. The van der Waals surface area contributed by atoms with E-state index in [1.165, 1.54) is 11.3 Å². The summed E-state index contributed by atoms with van der Waals surface area (Å²) in [6.07, 6.45) is 0. The molecular formula is C19H20N2O3S. The van der Waals surface area contributed by atoms with Gasteiger partial charge in [0, 0.05) is 13.1 Å². The molecule has 6 heteroatoms. The van der Waals surface area contributed by atoms with Crippen LogP contribution in [-0.2, 0) is 9.59 Å². The fraction of sp³-hybridized carbons (Fsp3) is 0.316. The van der Waals surface area contributed by atoms with Crippen molar-refractivity contribution in [2.75, 3.05) is 27.2 Å². The van der Waals surface area contributed by atoms with Gasteiger partial charge < -0.3 is 9.80 Å². The van der Waals surface area contributed by atoms with Gasteiger partial charge in [0.05, 0.1) is 10.9 Å². The monoisotopic (exact) mass is 356 g/mol. The summed E-state index contributed by atoms with van der Waals surface area (Å²) in [5.41, 5.74) is 0.815. The van der Waals surface area contributed by atoms with Gasteiger partial charge in [0.15, 0.2) is 5.78 Å². The van der Waals surface area contributed by atoms with E-state index in [1.807, 2.05) is 49.3 Å². The summed E-state index contributed by atoms with van der Waals surface area (Å²) < 4.78 is 0. The molecule has 3 rings (SSSR count). The van der Waals surface area contributed by atoms with Crippen molar-refractivity contribution in [2.45, 2.75) is 6.04 Å². The smallest absolute Gasteiger partial charge is 0.291 e. The quantitative estimate of drug-likeness (QED) is 0.453. The molecule has 0 bridgehead atoms. The van der Waals surface area contributed by atoms with Crippen molar-refractivity contribution in [3.63, 3.8) is 0 Å². The molecule has 2 heterocycles. The van der Waals surface area contributed by atoms with E-state index in [-0.39, 0.29) is 5.78 Å². The molecule has 1 saturated heterocycles. The molecule has 2 unspecified atom stereocenters. The highest BCUT2D eigenvalue weighted by atomic mass is 32.1. The minimum absolute atomic E-state index is 0.269. The summed E-state index contributed by atoms with van der Waals surface area (Å²) in [5.74, 6) is -2.41. The molecule has 0 aliphatic carbocycles. The molecule has 1 aliphatic rings. The number of hydrogen-bond acceptors (Lipinski definition) is 5. The lowest BCUT2D eigenvalue weighted by Gasteiger charge is -2.28. The van der Waals surface area contributed by atoms with Gasteiger partial charge in [0.1, 0.15) is 5.92 Å². The van der Waals surface area contributed by atoms with Gasteiger partial charge in [-0.1, -0.05) is 36.4 Å². The minimum Gasteiger partial charge on any atom is -0.327 e. The van der Waals surface area contributed by atoms with Crippen LogP contribution in [0, 0.1) is 5.92 Å². The predicted molar refractivity (Wildman–Crippen MR) is 96.6 cm³/mol. The van der Waals surface area contributed by atoms with Crippen molar-refractivity contribution >= 4 is 28.8 Å². The number of carbonyl (C=O) groups excluding carboxylic acids is 3. The zero-order chi connectivity index (χ0) is 18.0. The van der Waals surface area contributed by atoms with Crippen LogP contribution in [0.15, 0.2) is 47.8 Å². The summed E-state index contributed by atoms with van der Waals surface area (Å²) in [5, 5.41) is 1.80. The molecule has 5 nitrogen and oxygen atoms in total. The lowest BCUT2D eigenvalue weighted by atomic mass is 9.88. The average molecular weight is 356 g/mol. The van der Waals surface area contributed by atoms with E-state index in [0.29, 0.717) is 18.0 Å². The van der Waals surface area contributed by atoms with Crippen LogP contribution in [0.1, 0.15) is 21.3 Å². The zero-order valence-corrected chi connectivity index (χ0v) is 15.0. The maximum Gasteiger partial charge on any atom is 0.291 e. The van der Waals surface area contributed by atoms with E-state index in [2.05, 4.69) is 0 Å². The van der Waals surface area contributed by atoms with Gasteiger partial charge in [-0.15, -0.1) is 11.3 Å². The van der Waals surface area contributed by atoms with Gasteiger partial charge in [-0.05, 0) is 31.1 Å². The molecule has 1 fully saturated rings. The molecule has 0 radical (unpaired) electrons. The fourth-order valence-electron chi connectivity index (χ4n) is 3.13. The highest BCUT2D eigenvalue weighted by molar-refractivity contribution is 7.12. The van der Waals surface area contributed by atoms with Crippen LogP contribution in [0.5, 0.6) is 0 Å². The largest absolute Gasteiger partial charge is 0.327 e. The Hall–Kier alpha value is -2.31. The van der Waals surface area contributed by atoms with E-state index in [4.69, 9.17) is 0 Å². The Labute approximate surface area is 150 Å². The number of ketones is 2. The Morgan fingerprint density at radius 1 is 1.12 bits per heavy atom. The summed E-state index contributed by atoms with van der Waals surface area (Å²) >= 11 is 1.30. The lowest BCUT2D eigenvalue weighted by Crippen LogP contribution is -2.36. The molecule has 130 valence electrons. The van der Waals surface area contributed by atoms with Crippen molar-refractivity contribution < 1.29 is 14.4 Å². The Kier molecular flexibility index (Phi) is 5.11. The van der Waals surface area contributed by atoms with Crippen molar-refractivity contribution in [3.8, 4) is 0 Å². The average Bonchev–Trinajstić information content (AvgIpc) is 3.22. The van der Waals surface area contributed by atoms with Crippen molar-refractivity contribution in [2.24, 2.45) is 5.92 Å². The third-order valence-corrected chi connectivity index (χ3v) is 5.27. The Balaban J connectivity index is 2.01. The van der Waals surface area contributed by atoms with E-state index in [1.54, 1.807) is 22.4 Å². The molecule has 25 heavy (non-hydrogen) atoms. The first-order valence-corrected chi connectivity index (χ1v) is 9.01. The third-order valence-electron chi connectivity index (χ3n) is 4.38. The van der Waals surface area contributed by atoms with Crippen LogP contribution in [0.4, 0.5) is 0 Å². The molecular weight excluding hydrogens is 336 g/mol. The molecule has 0 N–H and O–H groups in total. The molecule has 2 aromatic rings. The first kappa shape index (κ1) is 17.5. The summed E-state index contributed by atoms with van der Waals surface area (Å²) in [6, 6.07) is 12.3. The van der Waals surface area contributed by atoms with Gasteiger partial charge in [-0.2, -0.15) is 0 Å². The highest BCUT2D eigenvalue weighted by Crippen LogP contribution is 2.38. The van der Waals surface area contributed by atoms with E-state index < -0.39 is 23.7 Å². The normalized spacial score (nSPS) is 20.5. The highest BCUT2D eigenvalue weighted by Gasteiger charge is 2.51. The second kappa shape index (κ2) is 7.29. The second-order valence-electron chi connectivity index (χ2n) is 6.34. The predicted octanol–water partition coefficient (Wildman–Crippen LogP) is 2.26. The van der Waals surface area contributed by atoms with Crippen molar-refractivity contribution in [1.29, 1.82) is 0 Å². The molecule has 1 aromatic carbocycles. The maximum absolute atomic E-state index is 12.9. The van der Waals surface area contributed by atoms with Crippen LogP contribution >= 0.6 is 11.3 Å². The van der Waals surface area contributed by atoms with Crippen molar-refractivity contribution in [1.82, 2.24) is 9.80 Å². The Bertz CT molecular complexity index is 771. The number of hydrogen-bond donors (Lipinski definition) is 0. The van der Waals surface area contributed by atoms with Gasteiger partial charge in [0.2, 0.25) is 5.78 Å². The van der Waals surface area contributed by atoms with Gasteiger partial charge in [-0.3, -0.25) is 14.4 Å².